The standard InChI is InChI=1S/C15H23N5S2.HI/c1-5-16-15(17-7-6-14-18-8-10(2)21-14)19-9-13-11(3)20-12(4)22-13;/h8H,5-7,9H2,1-4H3,(H2,16,17,19);1H. The Balaban J connectivity index is 0.00000264. The molecule has 0 radical (unpaired) electrons. The van der Waals surface area contributed by atoms with Crippen LogP contribution in [0, 0.1) is 20.8 Å². The Labute approximate surface area is 163 Å². The Morgan fingerprint density at radius 1 is 1.22 bits per heavy atom. The minimum atomic E-state index is 0. The highest BCUT2D eigenvalue weighted by Gasteiger charge is 2.05. The van der Waals surface area contributed by atoms with Gasteiger partial charge in [-0.25, -0.2) is 15.0 Å². The highest BCUT2D eigenvalue weighted by Crippen LogP contribution is 2.17. The topological polar surface area (TPSA) is 62.2 Å². The molecule has 0 bridgehead atoms. The molecular weight excluding hydrogens is 441 g/mol. The molecule has 2 aromatic heterocycles. The van der Waals surface area contributed by atoms with E-state index in [0.29, 0.717) is 6.54 Å². The number of aryl methyl sites for hydroxylation is 3. The van der Waals surface area contributed by atoms with Gasteiger partial charge in [-0.05, 0) is 27.7 Å². The van der Waals surface area contributed by atoms with Crippen LogP contribution in [0.2, 0.25) is 0 Å². The van der Waals surface area contributed by atoms with E-state index in [1.165, 1.54) is 9.75 Å². The molecule has 0 atom stereocenters. The highest BCUT2D eigenvalue weighted by molar-refractivity contribution is 14.0. The van der Waals surface area contributed by atoms with E-state index in [1.807, 2.05) is 20.0 Å². The molecule has 0 aromatic carbocycles. The van der Waals surface area contributed by atoms with Crippen molar-refractivity contribution < 1.29 is 0 Å². The van der Waals surface area contributed by atoms with Gasteiger partial charge in [-0.1, -0.05) is 0 Å². The van der Waals surface area contributed by atoms with Gasteiger partial charge < -0.3 is 10.6 Å². The third kappa shape index (κ3) is 6.72. The first-order chi connectivity index (χ1) is 10.6. The zero-order valence-corrected chi connectivity index (χ0v) is 17.9. The van der Waals surface area contributed by atoms with Crippen LogP contribution in [0.5, 0.6) is 0 Å². The summed E-state index contributed by atoms with van der Waals surface area (Å²) >= 11 is 3.47. The summed E-state index contributed by atoms with van der Waals surface area (Å²) in [5.74, 6) is 0.848. The summed E-state index contributed by atoms with van der Waals surface area (Å²) < 4.78 is 0. The molecule has 0 fully saturated rings. The van der Waals surface area contributed by atoms with Gasteiger partial charge in [-0.15, -0.1) is 46.7 Å². The molecule has 2 aromatic rings. The second-order valence-electron chi connectivity index (χ2n) is 4.98. The number of rotatable bonds is 6. The van der Waals surface area contributed by atoms with Crippen LogP contribution in [0.3, 0.4) is 0 Å². The minimum Gasteiger partial charge on any atom is -0.357 e. The van der Waals surface area contributed by atoms with Crippen molar-refractivity contribution in [1.29, 1.82) is 0 Å². The lowest BCUT2D eigenvalue weighted by molar-refractivity contribution is 0.797. The van der Waals surface area contributed by atoms with E-state index in [0.717, 1.165) is 41.2 Å². The lowest BCUT2D eigenvalue weighted by Crippen LogP contribution is -2.38. The maximum atomic E-state index is 4.64. The van der Waals surface area contributed by atoms with Crippen molar-refractivity contribution in [3.05, 3.63) is 31.7 Å². The Morgan fingerprint density at radius 2 is 2.00 bits per heavy atom. The number of thiazole rings is 2. The van der Waals surface area contributed by atoms with Gasteiger partial charge in [0.05, 0.1) is 22.3 Å². The molecule has 2 heterocycles. The van der Waals surface area contributed by atoms with Gasteiger partial charge in [-0.2, -0.15) is 0 Å². The van der Waals surface area contributed by atoms with E-state index in [-0.39, 0.29) is 24.0 Å². The number of hydrogen-bond acceptors (Lipinski definition) is 5. The summed E-state index contributed by atoms with van der Waals surface area (Å²) in [7, 11) is 0. The Morgan fingerprint density at radius 3 is 2.57 bits per heavy atom. The third-order valence-electron chi connectivity index (χ3n) is 3.03. The van der Waals surface area contributed by atoms with Crippen LogP contribution in [0.25, 0.3) is 0 Å². The highest BCUT2D eigenvalue weighted by atomic mass is 127. The molecule has 2 N–H and O–H groups in total. The first-order valence-electron chi connectivity index (χ1n) is 7.45. The zero-order chi connectivity index (χ0) is 15.9. The van der Waals surface area contributed by atoms with Crippen LogP contribution >= 0.6 is 46.7 Å². The molecule has 0 spiro atoms. The summed E-state index contributed by atoms with van der Waals surface area (Å²) in [6.45, 7) is 10.6. The SMILES string of the molecule is CCNC(=NCc1sc(C)nc1C)NCCc1ncc(C)s1.I. The summed E-state index contributed by atoms with van der Waals surface area (Å²) in [5.41, 5.74) is 1.08. The summed E-state index contributed by atoms with van der Waals surface area (Å²) in [6.07, 6.45) is 2.84. The molecule has 0 aliphatic rings. The summed E-state index contributed by atoms with van der Waals surface area (Å²) in [5, 5.41) is 8.90. The molecule has 0 amide bonds. The van der Waals surface area contributed by atoms with E-state index in [1.54, 1.807) is 22.7 Å². The van der Waals surface area contributed by atoms with Crippen LogP contribution in [-0.2, 0) is 13.0 Å². The van der Waals surface area contributed by atoms with E-state index >= 15 is 0 Å². The summed E-state index contributed by atoms with van der Waals surface area (Å²) in [4.78, 5) is 15.9. The smallest absolute Gasteiger partial charge is 0.191 e. The number of guanidine groups is 1. The Hall–Kier alpha value is -0.740. The van der Waals surface area contributed by atoms with Crippen LogP contribution < -0.4 is 10.6 Å². The maximum Gasteiger partial charge on any atom is 0.191 e. The average Bonchev–Trinajstić information content (AvgIpc) is 3.01. The molecule has 2 rings (SSSR count). The first kappa shape index (κ1) is 20.3. The Kier molecular flexibility index (Phi) is 9.00. The van der Waals surface area contributed by atoms with E-state index < -0.39 is 0 Å². The second kappa shape index (κ2) is 10.2. The normalized spacial score (nSPS) is 11.2. The molecular formula is C15H24IN5S2. The molecule has 8 heteroatoms. The van der Waals surface area contributed by atoms with Crippen molar-refractivity contribution in [3.63, 3.8) is 0 Å². The van der Waals surface area contributed by atoms with Gasteiger partial charge in [0.25, 0.3) is 0 Å². The van der Waals surface area contributed by atoms with Gasteiger partial charge in [-0.3, -0.25) is 0 Å². The molecule has 0 aliphatic carbocycles. The lowest BCUT2D eigenvalue weighted by atomic mass is 10.4. The van der Waals surface area contributed by atoms with Crippen molar-refractivity contribution in [3.8, 4) is 0 Å². The number of nitrogens with zero attached hydrogens (tertiary/aromatic N) is 3. The number of halogens is 1. The molecule has 0 unspecified atom stereocenters. The quantitative estimate of drug-likeness (QED) is 0.390. The van der Waals surface area contributed by atoms with Gasteiger partial charge in [0.15, 0.2) is 5.96 Å². The molecule has 0 saturated heterocycles. The molecule has 5 nitrogen and oxygen atoms in total. The lowest BCUT2D eigenvalue weighted by Gasteiger charge is -2.10. The van der Waals surface area contributed by atoms with Gasteiger partial charge in [0, 0.05) is 35.5 Å². The number of nitrogens with one attached hydrogen (secondary N) is 2. The monoisotopic (exact) mass is 465 g/mol. The predicted molar refractivity (Wildman–Crippen MR) is 110 cm³/mol. The second-order valence-corrected chi connectivity index (χ2v) is 7.59. The van der Waals surface area contributed by atoms with Crippen molar-refractivity contribution in [2.75, 3.05) is 13.1 Å². The number of aromatic nitrogens is 2. The van der Waals surface area contributed by atoms with Gasteiger partial charge in [0.2, 0.25) is 0 Å². The van der Waals surface area contributed by atoms with Crippen LogP contribution in [0.1, 0.15) is 32.4 Å². The maximum absolute atomic E-state index is 4.64. The van der Waals surface area contributed by atoms with Crippen molar-refractivity contribution >= 4 is 52.6 Å². The number of hydrogen-bond donors (Lipinski definition) is 2. The van der Waals surface area contributed by atoms with Crippen LogP contribution in [-0.4, -0.2) is 29.0 Å². The Bertz CT molecular complexity index is 636. The molecule has 0 saturated carbocycles. The fourth-order valence-electron chi connectivity index (χ4n) is 2.02. The molecule has 0 aliphatic heterocycles. The van der Waals surface area contributed by atoms with Crippen molar-refractivity contribution in [1.82, 2.24) is 20.6 Å². The van der Waals surface area contributed by atoms with E-state index in [2.05, 4.69) is 39.4 Å². The van der Waals surface area contributed by atoms with Crippen molar-refractivity contribution in [2.45, 2.75) is 40.7 Å². The number of aliphatic imine (C=N–C) groups is 1. The van der Waals surface area contributed by atoms with E-state index in [4.69, 9.17) is 0 Å². The predicted octanol–water partition coefficient (Wildman–Crippen LogP) is 3.44. The minimum absolute atomic E-state index is 0. The summed E-state index contributed by atoms with van der Waals surface area (Å²) in [6, 6.07) is 0. The third-order valence-corrected chi connectivity index (χ3v) is 5.06. The molecule has 128 valence electrons. The first-order valence-corrected chi connectivity index (χ1v) is 9.08. The van der Waals surface area contributed by atoms with Gasteiger partial charge >= 0.3 is 0 Å². The van der Waals surface area contributed by atoms with Crippen LogP contribution in [0.15, 0.2) is 11.2 Å². The fourth-order valence-corrected chi connectivity index (χ4v) is 3.67. The average molecular weight is 465 g/mol. The van der Waals surface area contributed by atoms with Crippen molar-refractivity contribution in [2.24, 2.45) is 4.99 Å². The zero-order valence-electron chi connectivity index (χ0n) is 14.0. The van der Waals surface area contributed by atoms with E-state index in [9.17, 15) is 0 Å². The van der Waals surface area contributed by atoms with Crippen LogP contribution in [0.4, 0.5) is 0 Å². The molecule has 23 heavy (non-hydrogen) atoms. The van der Waals surface area contributed by atoms with Gasteiger partial charge in [0.1, 0.15) is 0 Å². The largest absolute Gasteiger partial charge is 0.357 e. The fraction of sp³-hybridized carbons (Fsp3) is 0.533.